The van der Waals surface area contributed by atoms with Crippen molar-refractivity contribution in [2.75, 3.05) is 13.7 Å². The number of ether oxygens (including phenoxy) is 1. The van der Waals surface area contributed by atoms with Crippen LogP contribution in [0.3, 0.4) is 0 Å². The van der Waals surface area contributed by atoms with Gasteiger partial charge in [-0.1, -0.05) is 24.4 Å². The monoisotopic (exact) mass is 346 g/mol. The summed E-state index contributed by atoms with van der Waals surface area (Å²) in [5.74, 6) is 2.63. The average Bonchev–Trinajstić information content (AvgIpc) is 3.37. The Hall–Kier alpha value is -1.73. The number of methoxy groups -OCH3 is 1. The molecule has 0 radical (unpaired) electrons. The lowest BCUT2D eigenvalue weighted by atomic mass is 9.87. The van der Waals surface area contributed by atoms with Gasteiger partial charge in [0.1, 0.15) is 12.9 Å². The fourth-order valence-electron chi connectivity index (χ4n) is 4.05. The fraction of sp³-hybridized carbons (Fsp3) is 0.722. The molecule has 7 nitrogen and oxygen atoms in total. The Morgan fingerprint density at radius 3 is 2.88 bits per heavy atom. The third-order valence-electron chi connectivity index (χ3n) is 5.33. The van der Waals surface area contributed by atoms with Crippen molar-refractivity contribution in [3.8, 4) is 0 Å². The molecule has 2 aliphatic rings. The zero-order valence-corrected chi connectivity index (χ0v) is 14.8. The molecule has 1 saturated carbocycles. The van der Waals surface area contributed by atoms with Crippen LogP contribution in [-0.4, -0.2) is 33.7 Å². The number of nitrogens with zero attached hydrogens (tertiary/aromatic N) is 4. The summed E-state index contributed by atoms with van der Waals surface area (Å²) in [4.78, 5) is 11.6. The Kier molecular flexibility index (Phi) is 5.12. The van der Waals surface area contributed by atoms with Crippen LogP contribution in [0.15, 0.2) is 15.2 Å². The van der Waals surface area contributed by atoms with E-state index >= 15 is 0 Å². The van der Waals surface area contributed by atoms with Crippen molar-refractivity contribution in [3.05, 3.63) is 29.6 Å². The Morgan fingerprint density at radius 1 is 1.16 bits per heavy atom. The number of aromatic nitrogens is 3. The predicted octanol–water partition coefficient (Wildman–Crippen LogP) is 3.59. The van der Waals surface area contributed by atoms with Gasteiger partial charge < -0.3 is 13.7 Å². The van der Waals surface area contributed by atoms with Crippen LogP contribution in [0, 0.1) is 0 Å². The van der Waals surface area contributed by atoms with E-state index in [0.717, 1.165) is 31.0 Å². The van der Waals surface area contributed by atoms with Gasteiger partial charge in [0.05, 0.1) is 18.3 Å². The Labute approximate surface area is 147 Å². The van der Waals surface area contributed by atoms with Crippen molar-refractivity contribution < 1.29 is 13.7 Å². The smallest absolute Gasteiger partial charge is 0.252 e. The molecule has 0 aromatic carbocycles. The van der Waals surface area contributed by atoms with Gasteiger partial charge in [0.15, 0.2) is 5.82 Å². The topological polar surface area (TPSA) is 77.4 Å². The minimum absolute atomic E-state index is 0.210. The second-order valence-electron chi connectivity index (χ2n) is 7.11. The highest BCUT2D eigenvalue weighted by Crippen LogP contribution is 2.36. The highest BCUT2D eigenvalue weighted by atomic mass is 16.5. The lowest BCUT2D eigenvalue weighted by Crippen LogP contribution is -2.23. The van der Waals surface area contributed by atoms with Crippen molar-refractivity contribution in [1.82, 2.24) is 20.0 Å². The molecule has 0 amide bonds. The lowest BCUT2D eigenvalue weighted by Gasteiger charge is -2.20. The quantitative estimate of drug-likeness (QED) is 0.791. The van der Waals surface area contributed by atoms with Crippen LogP contribution < -0.4 is 0 Å². The zero-order chi connectivity index (χ0) is 17.1. The second kappa shape index (κ2) is 7.66. The van der Waals surface area contributed by atoms with Gasteiger partial charge in [-0.05, 0) is 32.2 Å². The van der Waals surface area contributed by atoms with Crippen molar-refractivity contribution >= 4 is 0 Å². The van der Waals surface area contributed by atoms with Crippen LogP contribution in [0.4, 0.5) is 0 Å². The molecule has 4 rings (SSSR count). The van der Waals surface area contributed by atoms with Crippen LogP contribution in [-0.2, 0) is 17.9 Å². The van der Waals surface area contributed by atoms with E-state index in [1.807, 2.05) is 6.26 Å². The first-order valence-corrected chi connectivity index (χ1v) is 9.33. The van der Waals surface area contributed by atoms with Gasteiger partial charge in [-0.3, -0.25) is 4.90 Å². The van der Waals surface area contributed by atoms with Gasteiger partial charge in [-0.15, -0.1) is 0 Å². The van der Waals surface area contributed by atoms with Gasteiger partial charge in [0, 0.05) is 13.0 Å². The standard InChI is InChI=1S/C18H26N4O3/c1-23-12-17-20-16(21-25-17)10-22-9-5-8-15(22)18-19-14(11-24-18)13-6-3-2-4-7-13/h11,13,15H,2-10,12H2,1H3. The maximum absolute atomic E-state index is 5.88. The first-order valence-electron chi connectivity index (χ1n) is 9.33. The van der Waals surface area contributed by atoms with E-state index in [-0.39, 0.29) is 6.04 Å². The third kappa shape index (κ3) is 3.77. The molecule has 2 aromatic rings. The van der Waals surface area contributed by atoms with Crippen molar-refractivity contribution in [1.29, 1.82) is 0 Å². The van der Waals surface area contributed by atoms with Gasteiger partial charge >= 0.3 is 0 Å². The maximum atomic E-state index is 5.88. The average molecular weight is 346 g/mol. The second-order valence-corrected chi connectivity index (χ2v) is 7.11. The Balaban J connectivity index is 1.43. The van der Waals surface area contributed by atoms with Crippen LogP contribution in [0.25, 0.3) is 0 Å². The van der Waals surface area contributed by atoms with Crippen molar-refractivity contribution in [2.45, 2.75) is 70.1 Å². The van der Waals surface area contributed by atoms with Crippen LogP contribution >= 0.6 is 0 Å². The number of oxazole rings is 1. The first-order chi connectivity index (χ1) is 12.3. The molecule has 2 aromatic heterocycles. The predicted molar refractivity (Wildman–Crippen MR) is 89.7 cm³/mol. The molecule has 1 atom stereocenters. The van der Waals surface area contributed by atoms with E-state index in [9.17, 15) is 0 Å². The molecular weight excluding hydrogens is 320 g/mol. The number of likely N-dealkylation sites (tertiary alicyclic amines) is 1. The summed E-state index contributed by atoms with van der Waals surface area (Å²) in [5.41, 5.74) is 1.14. The molecule has 1 aliphatic carbocycles. The van der Waals surface area contributed by atoms with Gasteiger partial charge in [-0.2, -0.15) is 4.98 Å². The van der Waals surface area contributed by atoms with Crippen LogP contribution in [0.2, 0.25) is 0 Å². The molecular formula is C18H26N4O3. The molecule has 0 spiro atoms. The minimum atomic E-state index is 0.210. The summed E-state index contributed by atoms with van der Waals surface area (Å²) in [6, 6.07) is 0.210. The highest BCUT2D eigenvalue weighted by Gasteiger charge is 2.32. The molecule has 7 heteroatoms. The molecule has 0 bridgehead atoms. The van der Waals surface area contributed by atoms with E-state index < -0.39 is 0 Å². The molecule has 136 valence electrons. The Bertz CT molecular complexity index is 677. The van der Waals surface area contributed by atoms with Crippen LogP contribution in [0.5, 0.6) is 0 Å². The largest absolute Gasteiger partial charge is 0.447 e. The molecule has 2 fully saturated rings. The summed E-state index contributed by atoms with van der Waals surface area (Å²) >= 11 is 0. The first kappa shape index (κ1) is 16.7. The van der Waals surface area contributed by atoms with Gasteiger partial charge in [-0.25, -0.2) is 4.98 Å². The molecule has 1 unspecified atom stereocenters. The van der Waals surface area contributed by atoms with E-state index in [1.54, 1.807) is 7.11 Å². The van der Waals surface area contributed by atoms with Gasteiger partial charge in [0.2, 0.25) is 5.89 Å². The molecule has 3 heterocycles. The minimum Gasteiger partial charge on any atom is -0.447 e. The normalized spacial score (nSPS) is 22.7. The fourth-order valence-corrected chi connectivity index (χ4v) is 4.05. The molecule has 25 heavy (non-hydrogen) atoms. The molecule has 1 saturated heterocycles. The van der Waals surface area contributed by atoms with E-state index in [2.05, 4.69) is 15.0 Å². The zero-order valence-electron chi connectivity index (χ0n) is 14.8. The summed E-state index contributed by atoms with van der Waals surface area (Å²) < 4.78 is 16.1. The summed E-state index contributed by atoms with van der Waals surface area (Å²) in [6.07, 6.45) is 10.5. The number of rotatable bonds is 6. The van der Waals surface area contributed by atoms with Crippen molar-refractivity contribution in [3.63, 3.8) is 0 Å². The van der Waals surface area contributed by atoms with E-state index in [4.69, 9.17) is 18.7 Å². The van der Waals surface area contributed by atoms with E-state index in [0.29, 0.717) is 30.8 Å². The van der Waals surface area contributed by atoms with Crippen molar-refractivity contribution in [2.24, 2.45) is 0 Å². The summed E-state index contributed by atoms with van der Waals surface area (Å²) in [6.45, 7) is 2.00. The highest BCUT2D eigenvalue weighted by molar-refractivity contribution is 5.08. The van der Waals surface area contributed by atoms with Gasteiger partial charge in [0.25, 0.3) is 5.89 Å². The third-order valence-corrected chi connectivity index (χ3v) is 5.33. The maximum Gasteiger partial charge on any atom is 0.252 e. The Morgan fingerprint density at radius 2 is 2.04 bits per heavy atom. The lowest BCUT2D eigenvalue weighted by molar-refractivity contribution is 0.151. The van der Waals surface area contributed by atoms with E-state index in [1.165, 1.54) is 32.1 Å². The summed E-state index contributed by atoms with van der Waals surface area (Å²) in [7, 11) is 1.62. The number of hydrogen-bond donors (Lipinski definition) is 0. The van der Waals surface area contributed by atoms with Crippen LogP contribution in [0.1, 0.15) is 80.2 Å². The SMILES string of the molecule is COCc1nc(CN2CCCC2c2nc(C3CCCCC3)co2)no1. The number of hydrogen-bond acceptors (Lipinski definition) is 7. The molecule has 1 aliphatic heterocycles. The molecule has 0 N–H and O–H groups in total. The summed E-state index contributed by atoms with van der Waals surface area (Å²) in [5, 5.41) is 4.05.